The molecule has 1 atom stereocenters. The van der Waals surface area contributed by atoms with E-state index in [4.69, 9.17) is 5.11 Å². The second-order valence-electron chi connectivity index (χ2n) is 4.00. The summed E-state index contributed by atoms with van der Waals surface area (Å²) in [6.07, 6.45) is 1.94. The molecule has 86 valence electrons. The molecule has 1 fully saturated rings. The summed E-state index contributed by atoms with van der Waals surface area (Å²) in [7, 11) is 0. The van der Waals surface area contributed by atoms with Gasteiger partial charge in [-0.05, 0) is 37.1 Å². The van der Waals surface area contributed by atoms with Crippen LogP contribution in [-0.4, -0.2) is 23.6 Å². The first-order valence-electron chi connectivity index (χ1n) is 5.53. The SMILES string of the molecule is O=C(Nc1cccc(CO)c1)C1CCCN1. The van der Waals surface area contributed by atoms with Crippen LogP contribution < -0.4 is 10.6 Å². The highest BCUT2D eigenvalue weighted by molar-refractivity contribution is 5.95. The van der Waals surface area contributed by atoms with Gasteiger partial charge in [0.25, 0.3) is 0 Å². The molecule has 1 aliphatic rings. The van der Waals surface area contributed by atoms with Crippen LogP contribution in [0.3, 0.4) is 0 Å². The number of carbonyl (C=O) groups excluding carboxylic acids is 1. The summed E-state index contributed by atoms with van der Waals surface area (Å²) >= 11 is 0. The van der Waals surface area contributed by atoms with Gasteiger partial charge in [0.15, 0.2) is 0 Å². The van der Waals surface area contributed by atoms with Crippen LogP contribution in [0, 0.1) is 0 Å². The van der Waals surface area contributed by atoms with Crippen molar-refractivity contribution in [2.75, 3.05) is 11.9 Å². The Kier molecular flexibility index (Phi) is 3.54. The minimum absolute atomic E-state index is 0.00703. The third-order valence-corrected chi connectivity index (χ3v) is 2.75. The maximum Gasteiger partial charge on any atom is 0.241 e. The first-order chi connectivity index (χ1) is 7.79. The number of amides is 1. The van der Waals surface area contributed by atoms with Crippen molar-refractivity contribution in [1.82, 2.24) is 5.32 Å². The number of hydrogen-bond acceptors (Lipinski definition) is 3. The second kappa shape index (κ2) is 5.09. The summed E-state index contributed by atoms with van der Waals surface area (Å²) in [6.45, 7) is 0.903. The molecule has 1 amide bonds. The van der Waals surface area contributed by atoms with Crippen LogP contribution in [0.1, 0.15) is 18.4 Å². The summed E-state index contributed by atoms with van der Waals surface area (Å²) < 4.78 is 0. The van der Waals surface area contributed by atoms with Gasteiger partial charge in [0.05, 0.1) is 12.6 Å². The summed E-state index contributed by atoms with van der Waals surface area (Å²) in [5.41, 5.74) is 1.54. The molecule has 0 saturated carbocycles. The molecule has 0 radical (unpaired) electrons. The predicted molar refractivity (Wildman–Crippen MR) is 62.0 cm³/mol. The van der Waals surface area contributed by atoms with Gasteiger partial charge in [0.1, 0.15) is 0 Å². The van der Waals surface area contributed by atoms with Crippen molar-refractivity contribution in [3.63, 3.8) is 0 Å². The lowest BCUT2D eigenvalue weighted by Crippen LogP contribution is -2.35. The maximum atomic E-state index is 11.8. The fraction of sp³-hybridized carbons (Fsp3) is 0.417. The summed E-state index contributed by atoms with van der Waals surface area (Å²) in [6, 6.07) is 7.18. The molecule has 3 N–H and O–H groups in total. The zero-order valence-electron chi connectivity index (χ0n) is 9.07. The molecule has 16 heavy (non-hydrogen) atoms. The maximum absolute atomic E-state index is 11.8. The summed E-state index contributed by atoms with van der Waals surface area (Å²) in [5.74, 6) is 0.00703. The van der Waals surface area contributed by atoms with Crippen LogP contribution in [0.2, 0.25) is 0 Å². The topological polar surface area (TPSA) is 61.4 Å². The predicted octanol–water partition coefficient (Wildman–Crippen LogP) is 0.869. The van der Waals surface area contributed by atoms with Crippen LogP contribution in [-0.2, 0) is 11.4 Å². The van der Waals surface area contributed by atoms with E-state index < -0.39 is 0 Å². The standard InChI is InChI=1S/C12H16N2O2/c15-8-9-3-1-4-10(7-9)14-12(16)11-5-2-6-13-11/h1,3-4,7,11,13,15H,2,5-6,8H2,(H,14,16). The molecule has 0 spiro atoms. The molecule has 2 rings (SSSR count). The van der Waals surface area contributed by atoms with Crippen molar-refractivity contribution in [3.05, 3.63) is 29.8 Å². The quantitative estimate of drug-likeness (QED) is 0.708. The molecule has 1 aromatic rings. The summed E-state index contributed by atoms with van der Waals surface area (Å²) in [5, 5.41) is 15.0. The minimum atomic E-state index is -0.0715. The van der Waals surface area contributed by atoms with Crippen LogP contribution in [0.5, 0.6) is 0 Å². The molecule has 1 aromatic carbocycles. The molecular weight excluding hydrogens is 204 g/mol. The smallest absolute Gasteiger partial charge is 0.241 e. The molecule has 4 nitrogen and oxygen atoms in total. The molecule has 0 bridgehead atoms. The molecular formula is C12H16N2O2. The van der Waals surface area contributed by atoms with E-state index in [9.17, 15) is 4.79 Å². The minimum Gasteiger partial charge on any atom is -0.392 e. The second-order valence-corrected chi connectivity index (χ2v) is 4.00. The van der Waals surface area contributed by atoms with Gasteiger partial charge in [0.2, 0.25) is 5.91 Å². The van der Waals surface area contributed by atoms with Gasteiger partial charge >= 0.3 is 0 Å². The zero-order valence-corrected chi connectivity index (χ0v) is 9.07. The number of aliphatic hydroxyl groups is 1. The van der Waals surface area contributed by atoms with Gasteiger partial charge in [-0.25, -0.2) is 0 Å². The molecule has 0 aromatic heterocycles. The van der Waals surface area contributed by atoms with Gasteiger partial charge in [-0.1, -0.05) is 12.1 Å². The molecule has 0 aliphatic carbocycles. The van der Waals surface area contributed by atoms with Gasteiger partial charge < -0.3 is 15.7 Å². The number of hydrogen-bond donors (Lipinski definition) is 3. The largest absolute Gasteiger partial charge is 0.392 e. The first-order valence-corrected chi connectivity index (χ1v) is 5.53. The van der Waals surface area contributed by atoms with E-state index in [-0.39, 0.29) is 18.6 Å². The van der Waals surface area contributed by atoms with Crippen LogP contribution in [0.4, 0.5) is 5.69 Å². The fourth-order valence-electron chi connectivity index (χ4n) is 1.89. The number of rotatable bonds is 3. The lowest BCUT2D eigenvalue weighted by Gasteiger charge is -2.11. The van der Waals surface area contributed by atoms with Gasteiger partial charge in [-0.3, -0.25) is 4.79 Å². The highest BCUT2D eigenvalue weighted by Gasteiger charge is 2.21. The lowest BCUT2D eigenvalue weighted by molar-refractivity contribution is -0.117. The van der Waals surface area contributed by atoms with E-state index in [2.05, 4.69) is 10.6 Å². The Morgan fingerprint density at radius 2 is 2.44 bits per heavy atom. The Hall–Kier alpha value is -1.39. The third-order valence-electron chi connectivity index (χ3n) is 2.75. The van der Waals surface area contributed by atoms with E-state index >= 15 is 0 Å². The normalized spacial score (nSPS) is 19.7. The van der Waals surface area contributed by atoms with E-state index in [0.717, 1.165) is 30.6 Å². The third kappa shape index (κ3) is 2.59. The molecule has 1 saturated heterocycles. The summed E-state index contributed by atoms with van der Waals surface area (Å²) in [4.78, 5) is 11.8. The monoisotopic (exact) mass is 220 g/mol. The molecule has 1 heterocycles. The Morgan fingerprint density at radius 1 is 1.56 bits per heavy atom. The average molecular weight is 220 g/mol. The highest BCUT2D eigenvalue weighted by atomic mass is 16.3. The number of aliphatic hydroxyl groups excluding tert-OH is 1. The van der Waals surface area contributed by atoms with Crippen molar-refractivity contribution in [2.24, 2.45) is 0 Å². The van der Waals surface area contributed by atoms with Crippen LogP contribution >= 0.6 is 0 Å². The van der Waals surface area contributed by atoms with Crippen molar-refractivity contribution in [1.29, 1.82) is 0 Å². The number of carbonyl (C=O) groups is 1. The fourth-order valence-corrected chi connectivity index (χ4v) is 1.89. The number of anilines is 1. The Labute approximate surface area is 94.7 Å². The van der Waals surface area contributed by atoms with E-state index in [1.807, 2.05) is 18.2 Å². The van der Waals surface area contributed by atoms with Gasteiger partial charge in [0, 0.05) is 5.69 Å². The van der Waals surface area contributed by atoms with Crippen LogP contribution in [0.25, 0.3) is 0 Å². The van der Waals surface area contributed by atoms with Crippen molar-refractivity contribution >= 4 is 11.6 Å². The molecule has 1 aliphatic heterocycles. The van der Waals surface area contributed by atoms with Crippen molar-refractivity contribution < 1.29 is 9.90 Å². The van der Waals surface area contributed by atoms with E-state index in [1.54, 1.807) is 6.07 Å². The number of nitrogens with one attached hydrogen (secondary N) is 2. The highest BCUT2D eigenvalue weighted by Crippen LogP contribution is 2.13. The first kappa shape index (κ1) is 11.1. The Bertz CT molecular complexity index is 373. The average Bonchev–Trinajstić information content (AvgIpc) is 2.83. The Morgan fingerprint density at radius 3 is 3.12 bits per heavy atom. The van der Waals surface area contributed by atoms with Crippen molar-refractivity contribution in [3.8, 4) is 0 Å². The molecule has 1 unspecified atom stereocenters. The van der Waals surface area contributed by atoms with E-state index in [0.29, 0.717) is 0 Å². The Balaban J connectivity index is 1.99. The number of benzene rings is 1. The zero-order chi connectivity index (χ0) is 11.4. The lowest BCUT2D eigenvalue weighted by atomic mass is 10.2. The molecule has 4 heteroatoms. The van der Waals surface area contributed by atoms with Gasteiger partial charge in [-0.15, -0.1) is 0 Å². The van der Waals surface area contributed by atoms with Gasteiger partial charge in [-0.2, -0.15) is 0 Å². The van der Waals surface area contributed by atoms with E-state index in [1.165, 1.54) is 0 Å². The van der Waals surface area contributed by atoms with Crippen molar-refractivity contribution in [2.45, 2.75) is 25.5 Å². The van der Waals surface area contributed by atoms with Crippen LogP contribution in [0.15, 0.2) is 24.3 Å².